The highest BCUT2D eigenvalue weighted by Gasteiger charge is 2.23. The zero-order valence-electron chi connectivity index (χ0n) is 13.8. The maximum absolute atomic E-state index is 13.3. The number of rotatable bonds is 5. The Balaban J connectivity index is 1.72. The van der Waals surface area contributed by atoms with Crippen LogP contribution in [0.3, 0.4) is 0 Å². The summed E-state index contributed by atoms with van der Waals surface area (Å²) < 4.78 is 32.0. The van der Waals surface area contributed by atoms with Gasteiger partial charge in [0.15, 0.2) is 0 Å². The van der Waals surface area contributed by atoms with Gasteiger partial charge in [-0.25, -0.2) is 8.78 Å². The summed E-state index contributed by atoms with van der Waals surface area (Å²) >= 11 is 0. The Bertz CT molecular complexity index is 698. The molecule has 0 saturated carbocycles. The van der Waals surface area contributed by atoms with Crippen LogP contribution in [0.25, 0.3) is 0 Å². The van der Waals surface area contributed by atoms with Crippen molar-refractivity contribution in [1.82, 2.24) is 10.2 Å². The molecule has 132 valence electrons. The first-order chi connectivity index (χ1) is 12.1. The van der Waals surface area contributed by atoms with Gasteiger partial charge >= 0.3 is 0 Å². The minimum Gasteiger partial charge on any atom is -0.379 e. The molecule has 0 spiro atoms. The zero-order valence-corrected chi connectivity index (χ0v) is 13.8. The van der Waals surface area contributed by atoms with Gasteiger partial charge in [0.1, 0.15) is 11.6 Å². The van der Waals surface area contributed by atoms with Crippen molar-refractivity contribution in [3.05, 3.63) is 71.3 Å². The lowest BCUT2D eigenvalue weighted by atomic mass is 10.0. The minimum atomic E-state index is -0.766. The van der Waals surface area contributed by atoms with E-state index >= 15 is 0 Å². The third-order valence-electron chi connectivity index (χ3n) is 4.25. The molecule has 25 heavy (non-hydrogen) atoms. The summed E-state index contributed by atoms with van der Waals surface area (Å²) in [5.74, 6) is -2.02. The van der Waals surface area contributed by atoms with Crippen LogP contribution in [-0.4, -0.2) is 43.7 Å². The predicted octanol–water partition coefficient (Wildman–Crippen LogP) is 2.77. The molecule has 1 fully saturated rings. The fourth-order valence-corrected chi connectivity index (χ4v) is 3.00. The number of amides is 1. The third kappa shape index (κ3) is 4.61. The van der Waals surface area contributed by atoms with Gasteiger partial charge in [0, 0.05) is 31.3 Å². The summed E-state index contributed by atoms with van der Waals surface area (Å²) in [6.07, 6.45) is 0. The van der Waals surface area contributed by atoms with Crippen molar-refractivity contribution in [2.24, 2.45) is 0 Å². The van der Waals surface area contributed by atoms with Crippen molar-refractivity contribution in [2.75, 3.05) is 32.8 Å². The Morgan fingerprint density at radius 1 is 1.08 bits per heavy atom. The Morgan fingerprint density at radius 3 is 2.36 bits per heavy atom. The van der Waals surface area contributed by atoms with Crippen LogP contribution in [0.5, 0.6) is 0 Å². The predicted molar refractivity (Wildman–Crippen MR) is 90.3 cm³/mol. The monoisotopic (exact) mass is 346 g/mol. The van der Waals surface area contributed by atoms with E-state index in [1.54, 1.807) is 0 Å². The Morgan fingerprint density at radius 2 is 1.72 bits per heavy atom. The first kappa shape index (κ1) is 17.5. The summed E-state index contributed by atoms with van der Waals surface area (Å²) in [7, 11) is 0. The van der Waals surface area contributed by atoms with Gasteiger partial charge in [-0.05, 0) is 17.7 Å². The lowest BCUT2D eigenvalue weighted by Crippen LogP contribution is -2.43. The van der Waals surface area contributed by atoms with E-state index in [1.807, 2.05) is 30.3 Å². The van der Waals surface area contributed by atoms with Crippen molar-refractivity contribution in [2.45, 2.75) is 6.04 Å². The molecule has 0 bridgehead atoms. The molecule has 2 aromatic carbocycles. The Labute approximate surface area is 145 Å². The number of halogens is 2. The van der Waals surface area contributed by atoms with Crippen LogP contribution in [0.15, 0.2) is 48.5 Å². The van der Waals surface area contributed by atoms with E-state index in [2.05, 4.69) is 10.2 Å². The number of carbonyl (C=O) groups excluding carboxylic acids is 1. The third-order valence-corrected chi connectivity index (χ3v) is 4.25. The highest BCUT2D eigenvalue weighted by molar-refractivity contribution is 5.94. The number of morpholine rings is 1. The second-order valence-electron chi connectivity index (χ2n) is 5.94. The standard InChI is InChI=1S/C19H20F2N2O2/c20-16-10-15(11-17(21)12-16)19(24)22-13-18(14-4-2-1-3-5-14)23-6-8-25-9-7-23/h1-5,10-12,18H,6-9,13H2,(H,22,24). The molecule has 1 saturated heterocycles. The van der Waals surface area contributed by atoms with E-state index in [0.717, 1.165) is 36.9 Å². The maximum atomic E-state index is 13.3. The number of carbonyl (C=O) groups is 1. The first-order valence-electron chi connectivity index (χ1n) is 8.24. The van der Waals surface area contributed by atoms with Crippen LogP contribution in [0.2, 0.25) is 0 Å². The Hall–Kier alpha value is -2.31. The van der Waals surface area contributed by atoms with Gasteiger partial charge in [0.2, 0.25) is 0 Å². The number of nitrogens with one attached hydrogen (secondary N) is 1. The molecule has 0 aromatic heterocycles. The average Bonchev–Trinajstić information content (AvgIpc) is 2.63. The Kier molecular flexibility index (Phi) is 5.73. The second-order valence-corrected chi connectivity index (χ2v) is 5.94. The van der Waals surface area contributed by atoms with E-state index in [0.29, 0.717) is 19.8 Å². The van der Waals surface area contributed by atoms with Gasteiger partial charge in [0.25, 0.3) is 5.91 Å². The molecule has 0 radical (unpaired) electrons. The van der Waals surface area contributed by atoms with Crippen LogP contribution in [0, 0.1) is 11.6 Å². The van der Waals surface area contributed by atoms with Crippen LogP contribution in [0.4, 0.5) is 8.78 Å². The molecule has 1 aliphatic rings. The molecule has 6 heteroatoms. The molecule has 0 aliphatic carbocycles. The fraction of sp³-hybridized carbons (Fsp3) is 0.316. The molecule has 3 rings (SSSR count). The number of hydrogen-bond acceptors (Lipinski definition) is 3. The normalized spacial score (nSPS) is 16.4. The van der Waals surface area contributed by atoms with Gasteiger partial charge in [-0.3, -0.25) is 9.69 Å². The van der Waals surface area contributed by atoms with Gasteiger partial charge in [-0.1, -0.05) is 30.3 Å². The summed E-state index contributed by atoms with van der Waals surface area (Å²) in [5.41, 5.74) is 1.06. The summed E-state index contributed by atoms with van der Waals surface area (Å²) in [5, 5.41) is 2.79. The molecule has 1 atom stereocenters. The maximum Gasteiger partial charge on any atom is 0.251 e. The first-order valence-corrected chi connectivity index (χ1v) is 8.24. The minimum absolute atomic E-state index is 0.0209. The van der Waals surface area contributed by atoms with E-state index in [-0.39, 0.29) is 11.6 Å². The van der Waals surface area contributed by atoms with Crippen LogP contribution < -0.4 is 5.32 Å². The van der Waals surface area contributed by atoms with Crippen molar-refractivity contribution in [1.29, 1.82) is 0 Å². The van der Waals surface area contributed by atoms with Crippen LogP contribution in [-0.2, 0) is 4.74 Å². The van der Waals surface area contributed by atoms with E-state index < -0.39 is 17.5 Å². The van der Waals surface area contributed by atoms with Crippen LogP contribution in [0.1, 0.15) is 22.0 Å². The van der Waals surface area contributed by atoms with Gasteiger partial charge in [-0.2, -0.15) is 0 Å². The molecule has 1 aliphatic heterocycles. The molecule has 1 N–H and O–H groups in total. The van der Waals surface area contributed by atoms with Crippen molar-refractivity contribution >= 4 is 5.91 Å². The number of ether oxygens (including phenoxy) is 1. The van der Waals surface area contributed by atoms with E-state index in [4.69, 9.17) is 4.74 Å². The molecule has 2 aromatic rings. The average molecular weight is 346 g/mol. The fourth-order valence-electron chi connectivity index (χ4n) is 3.00. The lowest BCUT2D eigenvalue weighted by Gasteiger charge is -2.35. The van der Waals surface area contributed by atoms with E-state index in [1.165, 1.54) is 0 Å². The van der Waals surface area contributed by atoms with Gasteiger partial charge < -0.3 is 10.1 Å². The smallest absolute Gasteiger partial charge is 0.251 e. The summed E-state index contributed by atoms with van der Waals surface area (Å²) in [6.45, 7) is 3.17. The molecule has 1 amide bonds. The van der Waals surface area contributed by atoms with Crippen molar-refractivity contribution < 1.29 is 18.3 Å². The summed E-state index contributed by atoms with van der Waals surface area (Å²) in [6, 6.07) is 12.6. The highest BCUT2D eigenvalue weighted by atomic mass is 19.1. The van der Waals surface area contributed by atoms with Gasteiger partial charge in [-0.15, -0.1) is 0 Å². The van der Waals surface area contributed by atoms with Crippen LogP contribution >= 0.6 is 0 Å². The quantitative estimate of drug-likeness (QED) is 0.905. The topological polar surface area (TPSA) is 41.6 Å². The highest BCUT2D eigenvalue weighted by Crippen LogP contribution is 2.21. The summed E-state index contributed by atoms with van der Waals surface area (Å²) in [4.78, 5) is 14.5. The zero-order chi connectivity index (χ0) is 17.6. The largest absolute Gasteiger partial charge is 0.379 e. The molecular formula is C19H20F2N2O2. The molecular weight excluding hydrogens is 326 g/mol. The SMILES string of the molecule is O=C(NCC(c1ccccc1)N1CCOCC1)c1cc(F)cc(F)c1. The number of hydrogen-bond donors (Lipinski definition) is 1. The lowest BCUT2D eigenvalue weighted by molar-refractivity contribution is 0.0162. The molecule has 1 heterocycles. The number of nitrogens with zero attached hydrogens (tertiary/aromatic N) is 1. The van der Waals surface area contributed by atoms with Crippen molar-refractivity contribution in [3.8, 4) is 0 Å². The molecule has 1 unspecified atom stereocenters. The molecule has 4 nitrogen and oxygen atoms in total. The van der Waals surface area contributed by atoms with Gasteiger partial charge in [0.05, 0.1) is 19.3 Å². The van der Waals surface area contributed by atoms with Crippen molar-refractivity contribution in [3.63, 3.8) is 0 Å². The second kappa shape index (κ2) is 8.18. The van der Waals surface area contributed by atoms with E-state index in [9.17, 15) is 13.6 Å². The number of benzene rings is 2.